The second-order valence-corrected chi connectivity index (χ2v) is 5.16. The molecular formula is C11H21N. The molecule has 1 aliphatic carbocycles. The molecular weight excluding hydrogens is 146 g/mol. The van der Waals surface area contributed by atoms with Crippen molar-refractivity contribution in [2.75, 3.05) is 13.6 Å². The molecule has 2 aliphatic rings. The summed E-state index contributed by atoms with van der Waals surface area (Å²) in [4.78, 5) is 2.56. The standard InChI is InChI=1S/C11H21N/c1-11(2)10-6-4-5-9(10)7-8-12(11)3/h9-10H,4-8H2,1-3H3. The Bertz CT molecular complexity index is 174. The minimum atomic E-state index is 0.472. The molecule has 1 heterocycles. The lowest BCUT2D eigenvalue weighted by Crippen LogP contribution is -2.53. The average molecular weight is 167 g/mol. The molecule has 1 saturated heterocycles. The van der Waals surface area contributed by atoms with Crippen molar-refractivity contribution in [1.29, 1.82) is 0 Å². The molecule has 2 fully saturated rings. The summed E-state index contributed by atoms with van der Waals surface area (Å²) in [5, 5.41) is 0. The highest BCUT2D eigenvalue weighted by molar-refractivity contribution is 4.97. The molecule has 2 unspecified atom stereocenters. The highest BCUT2D eigenvalue weighted by Gasteiger charge is 2.44. The van der Waals surface area contributed by atoms with Gasteiger partial charge in [0.05, 0.1) is 0 Å². The first kappa shape index (κ1) is 8.55. The van der Waals surface area contributed by atoms with E-state index in [-0.39, 0.29) is 0 Å². The maximum absolute atomic E-state index is 2.56. The van der Waals surface area contributed by atoms with Crippen LogP contribution in [0.3, 0.4) is 0 Å². The fraction of sp³-hybridized carbons (Fsp3) is 1.00. The summed E-state index contributed by atoms with van der Waals surface area (Å²) >= 11 is 0. The van der Waals surface area contributed by atoms with E-state index in [1.54, 1.807) is 0 Å². The summed E-state index contributed by atoms with van der Waals surface area (Å²) in [6.07, 6.45) is 5.90. The lowest BCUT2D eigenvalue weighted by atomic mass is 9.74. The van der Waals surface area contributed by atoms with Gasteiger partial charge in [-0.15, -0.1) is 0 Å². The van der Waals surface area contributed by atoms with Gasteiger partial charge in [-0.3, -0.25) is 0 Å². The lowest BCUT2D eigenvalue weighted by molar-refractivity contribution is 0.0192. The molecule has 0 aromatic carbocycles. The Hall–Kier alpha value is -0.0400. The first-order valence-electron chi connectivity index (χ1n) is 5.33. The van der Waals surface area contributed by atoms with Crippen molar-refractivity contribution in [3.63, 3.8) is 0 Å². The van der Waals surface area contributed by atoms with Crippen molar-refractivity contribution < 1.29 is 0 Å². The van der Waals surface area contributed by atoms with E-state index in [9.17, 15) is 0 Å². The maximum Gasteiger partial charge on any atom is 0.0181 e. The molecule has 2 atom stereocenters. The highest BCUT2D eigenvalue weighted by Crippen LogP contribution is 2.46. The number of fused-ring (bicyclic) bond motifs is 1. The van der Waals surface area contributed by atoms with Gasteiger partial charge in [-0.2, -0.15) is 0 Å². The van der Waals surface area contributed by atoms with Crippen LogP contribution in [-0.4, -0.2) is 24.0 Å². The van der Waals surface area contributed by atoms with E-state index >= 15 is 0 Å². The second-order valence-electron chi connectivity index (χ2n) is 5.16. The summed E-state index contributed by atoms with van der Waals surface area (Å²) in [6, 6.07) is 0. The Kier molecular flexibility index (Phi) is 1.95. The predicted octanol–water partition coefficient (Wildman–Crippen LogP) is 2.52. The monoisotopic (exact) mass is 167 g/mol. The molecule has 1 saturated carbocycles. The summed E-state index contributed by atoms with van der Waals surface area (Å²) in [7, 11) is 2.29. The van der Waals surface area contributed by atoms with Crippen LogP contribution in [0.15, 0.2) is 0 Å². The maximum atomic E-state index is 2.56. The number of rotatable bonds is 0. The molecule has 0 radical (unpaired) electrons. The van der Waals surface area contributed by atoms with Crippen molar-refractivity contribution in [3.8, 4) is 0 Å². The normalized spacial score (nSPS) is 41.2. The number of piperidine rings is 1. The molecule has 0 N–H and O–H groups in total. The molecule has 0 bridgehead atoms. The Balaban J connectivity index is 2.18. The van der Waals surface area contributed by atoms with Crippen LogP contribution in [0.1, 0.15) is 39.5 Å². The van der Waals surface area contributed by atoms with Crippen LogP contribution in [0.5, 0.6) is 0 Å². The third-order valence-corrected chi connectivity index (χ3v) is 4.39. The third kappa shape index (κ3) is 1.10. The molecule has 0 amide bonds. The smallest absolute Gasteiger partial charge is 0.0181 e. The van der Waals surface area contributed by atoms with Gasteiger partial charge in [-0.25, -0.2) is 0 Å². The Labute approximate surface area is 76.1 Å². The first-order chi connectivity index (χ1) is 5.62. The Morgan fingerprint density at radius 1 is 1.17 bits per heavy atom. The first-order valence-corrected chi connectivity index (χ1v) is 5.33. The Morgan fingerprint density at radius 2 is 1.92 bits per heavy atom. The van der Waals surface area contributed by atoms with Gasteiger partial charge in [0.2, 0.25) is 0 Å². The minimum Gasteiger partial charge on any atom is -0.301 e. The number of hydrogen-bond donors (Lipinski definition) is 0. The zero-order valence-electron chi connectivity index (χ0n) is 8.64. The van der Waals surface area contributed by atoms with Crippen LogP contribution in [-0.2, 0) is 0 Å². The summed E-state index contributed by atoms with van der Waals surface area (Å²) in [5.74, 6) is 2.03. The minimum absolute atomic E-state index is 0.472. The van der Waals surface area contributed by atoms with Gasteiger partial charge < -0.3 is 4.90 Å². The zero-order valence-corrected chi connectivity index (χ0v) is 8.64. The van der Waals surface area contributed by atoms with Gasteiger partial charge in [-0.05, 0) is 52.1 Å². The van der Waals surface area contributed by atoms with E-state index in [1.807, 2.05) is 0 Å². The zero-order chi connectivity index (χ0) is 8.77. The van der Waals surface area contributed by atoms with Gasteiger partial charge in [0.25, 0.3) is 0 Å². The molecule has 2 rings (SSSR count). The number of hydrogen-bond acceptors (Lipinski definition) is 1. The summed E-state index contributed by atoms with van der Waals surface area (Å²) in [6.45, 7) is 6.17. The van der Waals surface area contributed by atoms with Gasteiger partial charge in [0, 0.05) is 5.54 Å². The van der Waals surface area contributed by atoms with Crippen LogP contribution >= 0.6 is 0 Å². The highest BCUT2D eigenvalue weighted by atomic mass is 15.2. The molecule has 0 aromatic heterocycles. The van der Waals surface area contributed by atoms with Crippen LogP contribution < -0.4 is 0 Å². The van der Waals surface area contributed by atoms with E-state index in [0.29, 0.717) is 5.54 Å². The van der Waals surface area contributed by atoms with Gasteiger partial charge in [-0.1, -0.05) is 12.8 Å². The topological polar surface area (TPSA) is 3.24 Å². The van der Waals surface area contributed by atoms with Crippen LogP contribution in [0.25, 0.3) is 0 Å². The second kappa shape index (κ2) is 2.73. The molecule has 1 heteroatoms. The van der Waals surface area contributed by atoms with Crippen molar-refractivity contribution >= 4 is 0 Å². The predicted molar refractivity (Wildman–Crippen MR) is 52.2 cm³/mol. The van der Waals surface area contributed by atoms with Crippen LogP contribution in [0.2, 0.25) is 0 Å². The van der Waals surface area contributed by atoms with E-state index in [0.717, 1.165) is 11.8 Å². The van der Waals surface area contributed by atoms with E-state index in [1.165, 1.54) is 32.2 Å². The molecule has 1 nitrogen and oxygen atoms in total. The van der Waals surface area contributed by atoms with E-state index < -0.39 is 0 Å². The molecule has 12 heavy (non-hydrogen) atoms. The van der Waals surface area contributed by atoms with Gasteiger partial charge >= 0.3 is 0 Å². The van der Waals surface area contributed by atoms with Crippen molar-refractivity contribution in [3.05, 3.63) is 0 Å². The van der Waals surface area contributed by atoms with E-state index in [2.05, 4.69) is 25.8 Å². The van der Waals surface area contributed by atoms with Gasteiger partial charge in [0.1, 0.15) is 0 Å². The fourth-order valence-corrected chi connectivity index (χ4v) is 3.24. The van der Waals surface area contributed by atoms with Crippen LogP contribution in [0, 0.1) is 11.8 Å². The van der Waals surface area contributed by atoms with E-state index in [4.69, 9.17) is 0 Å². The summed E-state index contributed by atoms with van der Waals surface area (Å²) < 4.78 is 0. The molecule has 1 aliphatic heterocycles. The Morgan fingerprint density at radius 3 is 2.67 bits per heavy atom. The number of nitrogens with zero attached hydrogens (tertiary/aromatic N) is 1. The van der Waals surface area contributed by atoms with Crippen molar-refractivity contribution in [2.45, 2.75) is 45.1 Å². The van der Waals surface area contributed by atoms with Crippen LogP contribution in [0.4, 0.5) is 0 Å². The SMILES string of the molecule is CN1CCC2CCCC2C1(C)C. The summed E-state index contributed by atoms with van der Waals surface area (Å²) in [5.41, 5.74) is 0.472. The molecule has 70 valence electrons. The molecule has 0 aromatic rings. The van der Waals surface area contributed by atoms with Crippen molar-refractivity contribution in [1.82, 2.24) is 4.90 Å². The molecule has 0 spiro atoms. The fourth-order valence-electron chi connectivity index (χ4n) is 3.24. The van der Waals surface area contributed by atoms with Gasteiger partial charge in [0.15, 0.2) is 0 Å². The third-order valence-electron chi connectivity index (χ3n) is 4.39. The average Bonchev–Trinajstić information content (AvgIpc) is 2.46. The largest absolute Gasteiger partial charge is 0.301 e. The van der Waals surface area contributed by atoms with Crippen molar-refractivity contribution in [2.24, 2.45) is 11.8 Å². The quantitative estimate of drug-likeness (QED) is 0.536. The lowest BCUT2D eigenvalue weighted by Gasteiger charge is -2.48. The number of likely N-dealkylation sites (tertiary alicyclic amines) is 1.